The molecule has 0 aliphatic carbocycles. The molecule has 2 aromatic carbocycles. The van der Waals surface area contributed by atoms with Crippen molar-refractivity contribution in [1.82, 2.24) is 5.43 Å². The minimum atomic E-state index is -0.554. The van der Waals surface area contributed by atoms with Gasteiger partial charge >= 0.3 is 0 Å². The fourth-order valence-electron chi connectivity index (χ4n) is 2.13. The zero-order chi connectivity index (χ0) is 15.7. The number of aromatic hydroxyl groups is 2. The molecule has 1 aliphatic heterocycles. The van der Waals surface area contributed by atoms with E-state index in [1.807, 2.05) is 0 Å². The molecule has 0 radical (unpaired) electrons. The van der Waals surface area contributed by atoms with E-state index in [0.717, 1.165) is 11.1 Å². The Bertz CT molecular complexity index is 784. The van der Waals surface area contributed by atoms with Crippen LogP contribution in [0.4, 0.5) is 5.69 Å². The molecular weight excluding hydrogens is 284 g/mol. The summed E-state index contributed by atoms with van der Waals surface area (Å²) < 4.78 is 0. The van der Waals surface area contributed by atoms with Gasteiger partial charge in [0.1, 0.15) is 17.1 Å². The summed E-state index contributed by atoms with van der Waals surface area (Å²) in [4.78, 5) is 24.3. The fraction of sp³-hybridized carbons (Fsp3) is 0. The molecule has 3 rings (SSSR count). The molecule has 1 saturated heterocycles. The van der Waals surface area contributed by atoms with Crippen LogP contribution in [0.1, 0.15) is 5.56 Å². The Morgan fingerprint density at radius 2 is 1.73 bits per heavy atom. The summed E-state index contributed by atoms with van der Waals surface area (Å²) in [5, 5.41) is 20.1. The lowest BCUT2D eigenvalue weighted by Gasteiger charge is -2.13. The van der Waals surface area contributed by atoms with Crippen molar-refractivity contribution in [3.8, 4) is 11.5 Å². The first kappa shape index (κ1) is 13.7. The molecule has 6 heteroatoms. The molecule has 0 unspecified atom stereocenters. The van der Waals surface area contributed by atoms with E-state index in [1.165, 1.54) is 18.2 Å². The van der Waals surface area contributed by atoms with Gasteiger partial charge in [-0.15, -0.1) is 0 Å². The summed E-state index contributed by atoms with van der Waals surface area (Å²) in [6, 6.07) is 12.6. The Morgan fingerprint density at radius 3 is 2.41 bits per heavy atom. The molecule has 0 aromatic heterocycles. The highest BCUT2D eigenvalue weighted by Crippen LogP contribution is 2.27. The summed E-state index contributed by atoms with van der Waals surface area (Å²) in [6.07, 6.45) is 1.29. The smallest absolute Gasteiger partial charge is 0.282 e. The molecule has 0 saturated carbocycles. The van der Waals surface area contributed by atoms with Crippen LogP contribution in [0.15, 0.2) is 54.1 Å². The number of nitrogens with one attached hydrogen (secondary N) is 1. The van der Waals surface area contributed by atoms with Gasteiger partial charge in [0.2, 0.25) is 0 Å². The van der Waals surface area contributed by atoms with Crippen molar-refractivity contribution in [3.63, 3.8) is 0 Å². The van der Waals surface area contributed by atoms with Crippen LogP contribution < -0.4 is 10.4 Å². The molecule has 1 heterocycles. The van der Waals surface area contributed by atoms with Crippen molar-refractivity contribution in [3.05, 3.63) is 59.7 Å². The summed E-state index contributed by atoms with van der Waals surface area (Å²) in [5.41, 5.74) is 3.18. The third-order valence-corrected chi connectivity index (χ3v) is 3.22. The first-order valence-corrected chi connectivity index (χ1v) is 6.50. The largest absolute Gasteiger partial charge is 0.508 e. The average Bonchev–Trinajstić information content (AvgIpc) is 2.79. The quantitative estimate of drug-likeness (QED) is 0.579. The molecular formula is C16H12N2O4. The molecule has 1 fully saturated rings. The summed E-state index contributed by atoms with van der Waals surface area (Å²) in [6.45, 7) is 0. The predicted octanol–water partition coefficient (Wildman–Crippen LogP) is 1.56. The number of hydrazine groups is 1. The molecule has 22 heavy (non-hydrogen) atoms. The molecule has 6 nitrogen and oxygen atoms in total. The highest BCUT2D eigenvalue weighted by atomic mass is 16.3. The summed E-state index contributed by atoms with van der Waals surface area (Å²) >= 11 is 0. The van der Waals surface area contributed by atoms with E-state index < -0.39 is 11.8 Å². The van der Waals surface area contributed by atoms with E-state index >= 15 is 0 Å². The number of amides is 2. The number of benzene rings is 2. The number of hydrogen-bond acceptors (Lipinski definition) is 4. The lowest BCUT2D eigenvalue weighted by molar-refractivity contribution is -0.117. The number of nitrogens with zero attached hydrogens (tertiary/aromatic N) is 1. The van der Waals surface area contributed by atoms with Gasteiger partial charge in [0.25, 0.3) is 11.8 Å². The third kappa shape index (κ3) is 2.37. The number of carbonyl (C=O) groups is 2. The van der Waals surface area contributed by atoms with E-state index in [2.05, 4.69) is 5.43 Å². The number of phenols is 2. The maximum atomic E-state index is 12.3. The van der Waals surface area contributed by atoms with E-state index in [1.54, 1.807) is 30.3 Å². The van der Waals surface area contributed by atoms with Gasteiger partial charge in [0, 0.05) is 11.6 Å². The summed E-state index contributed by atoms with van der Waals surface area (Å²) in [5.74, 6) is -1.39. The highest BCUT2D eigenvalue weighted by molar-refractivity contribution is 6.31. The van der Waals surface area contributed by atoms with Crippen molar-refractivity contribution < 1.29 is 19.8 Å². The van der Waals surface area contributed by atoms with E-state index in [9.17, 15) is 19.8 Å². The maximum absolute atomic E-state index is 12.3. The standard InChI is InChI=1S/C16H12N2O4/c19-12-7-6-10(14(20)9-12)8-13-15(21)17-18(16(13)22)11-4-2-1-3-5-11/h1-9,19-20H,(H,17,21). The second kappa shape index (κ2) is 5.25. The number of para-hydroxylation sites is 1. The number of phenolic OH excluding ortho intramolecular Hbond substituents is 2. The van der Waals surface area contributed by atoms with Crippen LogP contribution in [-0.2, 0) is 9.59 Å². The molecule has 2 amide bonds. The van der Waals surface area contributed by atoms with Crippen molar-refractivity contribution in [2.75, 3.05) is 5.01 Å². The normalized spacial score (nSPS) is 16.2. The zero-order valence-corrected chi connectivity index (χ0v) is 11.4. The number of carbonyl (C=O) groups excluding carboxylic acids is 2. The number of anilines is 1. The maximum Gasteiger partial charge on any atom is 0.282 e. The van der Waals surface area contributed by atoms with Crippen molar-refractivity contribution in [1.29, 1.82) is 0 Å². The molecule has 2 aromatic rings. The minimum absolute atomic E-state index is 0.0927. The lowest BCUT2D eigenvalue weighted by atomic mass is 10.1. The second-order valence-electron chi connectivity index (χ2n) is 4.72. The lowest BCUT2D eigenvalue weighted by Crippen LogP contribution is -2.35. The third-order valence-electron chi connectivity index (χ3n) is 3.22. The average molecular weight is 296 g/mol. The Balaban J connectivity index is 1.96. The van der Waals surface area contributed by atoms with Crippen molar-refractivity contribution in [2.45, 2.75) is 0 Å². The van der Waals surface area contributed by atoms with Crippen LogP contribution >= 0.6 is 0 Å². The van der Waals surface area contributed by atoms with Crippen LogP contribution in [-0.4, -0.2) is 22.0 Å². The number of hydrogen-bond donors (Lipinski definition) is 3. The van der Waals surface area contributed by atoms with Gasteiger partial charge in [-0.05, 0) is 30.3 Å². The highest BCUT2D eigenvalue weighted by Gasteiger charge is 2.34. The van der Waals surface area contributed by atoms with Gasteiger partial charge in [-0.25, -0.2) is 5.01 Å². The van der Waals surface area contributed by atoms with Crippen LogP contribution in [0.3, 0.4) is 0 Å². The topological polar surface area (TPSA) is 89.9 Å². The van der Waals surface area contributed by atoms with Gasteiger partial charge in [-0.1, -0.05) is 18.2 Å². The first-order chi connectivity index (χ1) is 10.6. The van der Waals surface area contributed by atoms with Gasteiger partial charge < -0.3 is 10.2 Å². The van der Waals surface area contributed by atoms with Crippen molar-refractivity contribution >= 4 is 23.6 Å². The van der Waals surface area contributed by atoms with E-state index in [0.29, 0.717) is 5.69 Å². The Hall–Kier alpha value is -3.28. The Kier molecular flexibility index (Phi) is 3.27. The van der Waals surface area contributed by atoms with E-state index in [4.69, 9.17) is 0 Å². The first-order valence-electron chi connectivity index (χ1n) is 6.50. The fourth-order valence-corrected chi connectivity index (χ4v) is 2.13. The Morgan fingerprint density at radius 1 is 1.00 bits per heavy atom. The molecule has 0 bridgehead atoms. The SMILES string of the molecule is O=C1NN(c2ccccc2)C(=O)C1=Cc1ccc(O)cc1O. The van der Waals surface area contributed by atoms with Gasteiger partial charge in [0.05, 0.1) is 5.69 Å². The van der Waals surface area contributed by atoms with Gasteiger partial charge in [0.15, 0.2) is 0 Å². The van der Waals surface area contributed by atoms with Crippen LogP contribution in [0.5, 0.6) is 11.5 Å². The molecule has 0 spiro atoms. The van der Waals surface area contributed by atoms with Crippen LogP contribution in [0.25, 0.3) is 6.08 Å². The summed E-state index contributed by atoms with van der Waals surface area (Å²) in [7, 11) is 0. The van der Waals surface area contributed by atoms with Crippen LogP contribution in [0, 0.1) is 0 Å². The number of rotatable bonds is 2. The van der Waals surface area contributed by atoms with Gasteiger partial charge in [-0.2, -0.15) is 0 Å². The molecule has 1 aliphatic rings. The molecule has 0 atom stereocenters. The Labute approximate surface area is 125 Å². The zero-order valence-electron chi connectivity index (χ0n) is 11.4. The minimum Gasteiger partial charge on any atom is -0.508 e. The van der Waals surface area contributed by atoms with Crippen molar-refractivity contribution in [2.24, 2.45) is 0 Å². The molecule has 3 N–H and O–H groups in total. The monoisotopic (exact) mass is 296 g/mol. The van der Waals surface area contributed by atoms with E-state index in [-0.39, 0.29) is 22.6 Å². The predicted molar refractivity (Wildman–Crippen MR) is 79.8 cm³/mol. The van der Waals surface area contributed by atoms with Gasteiger partial charge in [-0.3, -0.25) is 15.0 Å². The molecule has 110 valence electrons. The second-order valence-corrected chi connectivity index (χ2v) is 4.72. The van der Waals surface area contributed by atoms with Crippen LogP contribution in [0.2, 0.25) is 0 Å².